The lowest BCUT2D eigenvalue weighted by Crippen LogP contribution is -1.93. The number of benzene rings is 9. The molecular formula is C60H40N2. The van der Waals surface area contributed by atoms with Gasteiger partial charge in [-0.25, -0.2) is 9.97 Å². The van der Waals surface area contributed by atoms with Crippen LogP contribution in [0, 0.1) is 0 Å². The molecule has 0 unspecified atom stereocenters. The Hall–Kier alpha value is -8.20. The lowest BCUT2D eigenvalue weighted by Gasteiger charge is -2.20. The Morgan fingerprint density at radius 3 is 0.790 bits per heavy atom. The SMILES string of the molecule is c1ccc(-c2cccc(-c3ccc(-c4ccc5c(-c6ccccc6)c6cc(-c7ccc(-c8cccc(-c9ccccc9)n8)cc7)ccc6c(-c6ccccc6)c5c4)cc3)n2)cc1. The number of hydrogen-bond acceptors (Lipinski definition) is 2. The summed E-state index contributed by atoms with van der Waals surface area (Å²) in [6.07, 6.45) is 0. The van der Waals surface area contributed by atoms with E-state index in [4.69, 9.17) is 9.97 Å². The predicted octanol–water partition coefficient (Wildman–Crippen LogP) is 16.1. The van der Waals surface area contributed by atoms with E-state index >= 15 is 0 Å². The molecule has 0 amide bonds. The van der Waals surface area contributed by atoms with Crippen molar-refractivity contribution in [3.8, 4) is 89.5 Å². The van der Waals surface area contributed by atoms with Gasteiger partial charge in [0.05, 0.1) is 22.8 Å². The van der Waals surface area contributed by atoms with Crippen LogP contribution in [0.5, 0.6) is 0 Å². The number of aromatic nitrogens is 2. The molecule has 0 saturated carbocycles. The first-order valence-electron chi connectivity index (χ1n) is 21.1. The van der Waals surface area contributed by atoms with E-state index in [-0.39, 0.29) is 0 Å². The molecule has 0 fully saturated rings. The molecule has 11 rings (SSSR count). The predicted molar refractivity (Wildman–Crippen MR) is 261 cm³/mol. The van der Waals surface area contributed by atoms with Gasteiger partial charge in [-0.05, 0) is 102 Å². The van der Waals surface area contributed by atoms with Gasteiger partial charge >= 0.3 is 0 Å². The van der Waals surface area contributed by atoms with Crippen molar-refractivity contribution in [1.82, 2.24) is 9.97 Å². The second-order valence-electron chi connectivity index (χ2n) is 15.7. The summed E-state index contributed by atoms with van der Waals surface area (Å²) in [6, 6.07) is 86.6. The Balaban J connectivity index is 1.02. The van der Waals surface area contributed by atoms with E-state index in [9.17, 15) is 0 Å². The monoisotopic (exact) mass is 788 g/mol. The van der Waals surface area contributed by atoms with Crippen molar-refractivity contribution in [1.29, 1.82) is 0 Å². The molecule has 0 N–H and O–H groups in total. The van der Waals surface area contributed by atoms with Gasteiger partial charge in [0.15, 0.2) is 0 Å². The maximum atomic E-state index is 5.02. The fraction of sp³-hybridized carbons (Fsp3) is 0. The third kappa shape index (κ3) is 7.04. The van der Waals surface area contributed by atoms with Crippen LogP contribution in [-0.4, -0.2) is 9.97 Å². The molecule has 0 spiro atoms. The summed E-state index contributed by atoms with van der Waals surface area (Å²) in [5.41, 5.74) is 17.8. The molecule has 0 aliphatic rings. The molecule has 0 aliphatic carbocycles. The van der Waals surface area contributed by atoms with Gasteiger partial charge in [0.25, 0.3) is 0 Å². The minimum atomic E-state index is 0.961. The molecule has 0 saturated heterocycles. The summed E-state index contributed by atoms with van der Waals surface area (Å²) in [6.45, 7) is 0. The third-order valence-corrected chi connectivity index (χ3v) is 11.9. The van der Waals surface area contributed by atoms with E-state index in [0.717, 1.165) is 56.2 Å². The highest BCUT2D eigenvalue weighted by atomic mass is 14.7. The second-order valence-corrected chi connectivity index (χ2v) is 15.7. The maximum Gasteiger partial charge on any atom is 0.0709 e. The number of rotatable bonds is 8. The topological polar surface area (TPSA) is 25.8 Å². The van der Waals surface area contributed by atoms with Gasteiger partial charge in [-0.1, -0.05) is 206 Å². The molecule has 62 heavy (non-hydrogen) atoms. The highest BCUT2D eigenvalue weighted by molar-refractivity contribution is 6.22. The summed E-state index contributed by atoms with van der Waals surface area (Å²) >= 11 is 0. The molecule has 290 valence electrons. The summed E-state index contributed by atoms with van der Waals surface area (Å²) in [5.74, 6) is 0. The van der Waals surface area contributed by atoms with E-state index in [1.807, 2.05) is 12.1 Å². The average molecular weight is 789 g/mol. The molecule has 0 radical (unpaired) electrons. The van der Waals surface area contributed by atoms with Gasteiger partial charge in [0, 0.05) is 22.3 Å². The third-order valence-electron chi connectivity index (χ3n) is 11.9. The average Bonchev–Trinajstić information content (AvgIpc) is 3.36. The van der Waals surface area contributed by atoms with Crippen LogP contribution in [0.2, 0.25) is 0 Å². The highest BCUT2D eigenvalue weighted by Gasteiger charge is 2.19. The zero-order valence-electron chi connectivity index (χ0n) is 34.0. The first-order chi connectivity index (χ1) is 30.7. The van der Waals surface area contributed by atoms with Crippen LogP contribution in [-0.2, 0) is 0 Å². The minimum Gasteiger partial charge on any atom is -0.248 e. The van der Waals surface area contributed by atoms with Crippen molar-refractivity contribution in [3.05, 3.63) is 243 Å². The minimum absolute atomic E-state index is 0.961. The highest BCUT2D eigenvalue weighted by Crippen LogP contribution is 2.46. The van der Waals surface area contributed by atoms with Crippen molar-refractivity contribution >= 4 is 21.5 Å². The zero-order chi connectivity index (χ0) is 41.2. The van der Waals surface area contributed by atoms with Gasteiger partial charge in [0.1, 0.15) is 0 Å². The summed E-state index contributed by atoms with van der Waals surface area (Å²) in [4.78, 5) is 10.0. The largest absolute Gasteiger partial charge is 0.248 e. The van der Waals surface area contributed by atoms with Crippen LogP contribution in [0.3, 0.4) is 0 Å². The number of pyridine rings is 2. The number of nitrogens with zero attached hydrogens (tertiary/aromatic N) is 2. The Morgan fingerprint density at radius 2 is 0.452 bits per heavy atom. The van der Waals surface area contributed by atoms with E-state index in [1.54, 1.807) is 0 Å². The Bertz CT molecular complexity index is 3110. The summed E-state index contributed by atoms with van der Waals surface area (Å²) in [5, 5.41) is 4.90. The molecule has 0 aliphatic heterocycles. The van der Waals surface area contributed by atoms with Crippen molar-refractivity contribution in [2.45, 2.75) is 0 Å². The molecule has 0 atom stereocenters. The summed E-state index contributed by atoms with van der Waals surface area (Å²) in [7, 11) is 0. The molecule has 0 bridgehead atoms. The van der Waals surface area contributed by atoms with E-state index in [2.05, 4.69) is 231 Å². The van der Waals surface area contributed by atoms with Crippen LogP contribution >= 0.6 is 0 Å². The fourth-order valence-corrected chi connectivity index (χ4v) is 8.82. The van der Waals surface area contributed by atoms with Gasteiger partial charge < -0.3 is 0 Å². The quantitative estimate of drug-likeness (QED) is 0.143. The van der Waals surface area contributed by atoms with Crippen LogP contribution < -0.4 is 0 Å². The van der Waals surface area contributed by atoms with Crippen molar-refractivity contribution in [2.75, 3.05) is 0 Å². The molecule has 11 aromatic rings. The van der Waals surface area contributed by atoms with Crippen molar-refractivity contribution < 1.29 is 0 Å². The van der Waals surface area contributed by atoms with E-state index < -0.39 is 0 Å². The van der Waals surface area contributed by atoms with Crippen LogP contribution in [0.15, 0.2) is 243 Å². The Kier molecular flexibility index (Phi) is 9.57. The molecule has 2 heterocycles. The number of fused-ring (bicyclic) bond motifs is 2. The van der Waals surface area contributed by atoms with Gasteiger partial charge in [-0.2, -0.15) is 0 Å². The smallest absolute Gasteiger partial charge is 0.0709 e. The fourth-order valence-electron chi connectivity index (χ4n) is 8.82. The first-order valence-corrected chi connectivity index (χ1v) is 21.1. The van der Waals surface area contributed by atoms with Gasteiger partial charge in [-0.3, -0.25) is 0 Å². The first kappa shape index (κ1) is 36.8. The zero-order valence-corrected chi connectivity index (χ0v) is 34.0. The summed E-state index contributed by atoms with van der Waals surface area (Å²) < 4.78 is 0. The van der Waals surface area contributed by atoms with Crippen LogP contribution in [0.4, 0.5) is 0 Å². The molecular weight excluding hydrogens is 749 g/mol. The molecule has 2 aromatic heterocycles. The maximum absolute atomic E-state index is 5.02. The normalized spacial score (nSPS) is 11.2. The molecule has 2 heteroatoms. The second kappa shape index (κ2) is 16.1. The van der Waals surface area contributed by atoms with Crippen molar-refractivity contribution in [3.63, 3.8) is 0 Å². The lowest BCUT2D eigenvalue weighted by atomic mass is 9.84. The van der Waals surface area contributed by atoms with Gasteiger partial charge in [0.2, 0.25) is 0 Å². The number of hydrogen-bond donors (Lipinski definition) is 0. The lowest BCUT2D eigenvalue weighted by molar-refractivity contribution is 1.32. The van der Waals surface area contributed by atoms with Crippen molar-refractivity contribution in [2.24, 2.45) is 0 Å². The molecule has 9 aromatic carbocycles. The molecule has 2 nitrogen and oxygen atoms in total. The Morgan fingerprint density at radius 1 is 0.177 bits per heavy atom. The van der Waals surface area contributed by atoms with Crippen LogP contribution in [0.25, 0.3) is 111 Å². The Labute approximate surface area is 362 Å². The van der Waals surface area contributed by atoms with E-state index in [0.29, 0.717) is 0 Å². The van der Waals surface area contributed by atoms with Gasteiger partial charge in [-0.15, -0.1) is 0 Å². The van der Waals surface area contributed by atoms with Crippen LogP contribution in [0.1, 0.15) is 0 Å². The standard InChI is InChI=1S/C60H40N2/c1-5-15-43(16-6-1)55-23-13-25-57(61-55)45-31-27-41(28-32-45)49-35-37-51-53(39-49)59(47-19-9-3-10-20-47)52-38-36-50(40-54(52)60(51)48-21-11-4-12-22-48)42-29-33-46(34-30-42)58-26-14-24-56(62-58)44-17-7-2-8-18-44/h1-40H. The van der Waals surface area contributed by atoms with E-state index in [1.165, 1.54) is 54.9 Å².